The fraction of sp³-hybridized carbons (Fsp3) is 0.462. The highest BCUT2D eigenvalue weighted by Gasteiger charge is 2.16. The summed E-state index contributed by atoms with van der Waals surface area (Å²) in [4.78, 5) is 11.3. The third-order valence-corrected chi connectivity index (χ3v) is 2.40. The van der Waals surface area contributed by atoms with Gasteiger partial charge in [0.1, 0.15) is 0 Å². The maximum absolute atomic E-state index is 12.8. The monoisotopic (exact) mass is 208 g/mol. The maximum Gasteiger partial charge on any atom is 0.196 e. The molecule has 15 heavy (non-hydrogen) atoms. The Morgan fingerprint density at radius 2 is 1.67 bits per heavy atom. The number of Topliss-reactive ketones (excluding diaryl/α,β-unsaturated/α-hetero) is 1. The Bertz CT molecular complexity index is 344. The molecule has 1 aromatic rings. The molecular weight excluding hydrogens is 191 g/mol. The average molecular weight is 208 g/mol. The number of hydrogen-bond donors (Lipinski definition) is 0. The van der Waals surface area contributed by atoms with E-state index >= 15 is 0 Å². The van der Waals surface area contributed by atoms with Crippen LogP contribution in [0.25, 0.3) is 0 Å². The van der Waals surface area contributed by atoms with Crippen molar-refractivity contribution in [3.8, 4) is 0 Å². The zero-order valence-corrected chi connectivity index (χ0v) is 9.67. The van der Waals surface area contributed by atoms with E-state index in [1.165, 1.54) is 6.92 Å². The Hall–Kier alpha value is -1.18. The molecule has 1 atom stereocenters. The molecule has 0 amide bonds. The lowest BCUT2D eigenvalue weighted by molar-refractivity contribution is 0.0893. The van der Waals surface area contributed by atoms with Gasteiger partial charge in [-0.25, -0.2) is 4.39 Å². The first-order chi connectivity index (χ1) is 6.82. The number of benzene rings is 1. The fourth-order valence-corrected chi connectivity index (χ4v) is 1.36. The average Bonchev–Trinajstić information content (AvgIpc) is 2.15. The molecule has 1 unspecified atom stereocenters. The molecule has 0 N–H and O–H groups in total. The van der Waals surface area contributed by atoms with Crippen LogP contribution in [0.2, 0.25) is 0 Å². The summed E-state index contributed by atoms with van der Waals surface area (Å²) in [5.74, 6) is -0.449. The third kappa shape index (κ3) is 2.88. The van der Waals surface area contributed by atoms with Crippen molar-refractivity contribution in [3.63, 3.8) is 0 Å². The molecular formula is C13H17FO. The maximum atomic E-state index is 12.8. The van der Waals surface area contributed by atoms with Gasteiger partial charge in [-0.05, 0) is 17.9 Å². The summed E-state index contributed by atoms with van der Waals surface area (Å²) in [6.45, 7) is 7.56. The summed E-state index contributed by atoms with van der Waals surface area (Å²) in [5.41, 5.74) is 1.65. The number of halogens is 1. The highest BCUT2D eigenvalue weighted by atomic mass is 19.1. The number of carbonyl (C=O) groups excluding carboxylic acids is 1. The first-order valence-electron chi connectivity index (χ1n) is 5.11. The second-order valence-corrected chi connectivity index (χ2v) is 4.81. The van der Waals surface area contributed by atoms with E-state index in [4.69, 9.17) is 0 Å². The number of ketones is 1. The number of carbonyl (C=O) groups is 1. The lowest BCUT2D eigenvalue weighted by Crippen LogP contribution is -2.14. The molecule has 0 saturated heterocycles. The van der Waals surface area contributed by atoms with Gasteiger partial charge >= 0.3 is 0 Å². The topological polar surface area (TPSA) is 17.1 Å². The number of alkyl halides is 1. The molecule has 0 aliphatic heterocycles. The first-order valence-corrected chi connectivity index (χ1v) is 5.11. The van der Waals surface area contributed by atoms with E-state index in [9.17, 15) is 9.18 Å². The Labute approximate surface area is 90.3 Å². The number of rotatable bonds is 2. The van der Waals surface area contributed by atoms with Crippen LogP contribution in [-0.4, -0.2) is 12.0 Å². The molecule has 0 aliphatic carbocycles. The van der Waals surface area contributed by atoms with Crippen LogP contribution in [0.4, 0.5) is 4.39 Å². The Kier molecular flexibility index (Phi) is 3.28. The van der Waals surface area contributed by atoms with Crippen LogP contribution >= 0.6 is 0 Å². The highest BCUT2D eigenvalue weighted by Crippen LogP contribution is 2.22. The van der Waals surface area contributed by atoms with Crippen LogP contribution in [0, 0.1) is 0 Å². The minimum Gasteiger partial charge on any atom is -0.291 e. The van der Waals surface area contributed by atoms with Gasteiger partial charge in [0.2, 0.25) is 0 Å². The second kappa shape index (κ2) is 4.13. The molecule has 0 aromatic heterocycles. The lowest BCUT2D eigenvalue weighted by Gasteiger charge is -2.19. The number of hydrogen-bond acceptors (Lipinski definition) is 1. The van der Waals surface area contributed by atoms with E-state index in [1.54, 1.807) is 12.1 Å². The van der Waals surface area contributed by atoms with E-state index in [1.807, 2.05) is 12.1 Å². The first kappa shape index (κ1) is 11.9. The molecule has 0 heterocycles. The highest BCUT2D eigenvalue weighted by molar-refractivity contribution is 5.99. The van der Waals surface area contributed by atoms with Crippen molar-refractivity contribution in [1.29, 1.82) is 0 Å². The zero-order valence-electron chi connectivity index (χ0n) is 9.67. The SMILES string of the molecule is CC(F)C(=O)c1ccc(C(C)(C)C)cc1. The van der Waals surface area contributed by atoms with Gasteiger partial charge in [0.15, 0.2) is 12.0 Å². The quantitative estimate of drug-likeness (QED) is 0.679. The van der Waals surface area contributed by atoms with Gasteiger partial charge in [0, 0.05) is 5.56 Å². The summed E-state index contributed by atoms with van der Waals surface area (Å²) in [5, 5.41) is 0. The Morgan fingerprint density at radius 3 is 2.00 bits per heavy atom. The van der Waals surface area contributed by atoms with Crippen LogP contribution in [0.1, 0.15) is 43.6 Å². The standard InChI is InChI=1S/C13H17FO/c1-9(14)12(15)10-5-7-11(8-6-10)13(2,3)4/h5-9H,1-4H3. The molecule has 0 spiro atoms. The van der Waals surface area contributed by atoms with Gasteiger partial charge in [0.05, 0.1) is 0 Å². The molecule has 2 heteroatoms. The van der Waals surface area contributed by atoms with Crippen molar-refractivity contribution in [2.75, 3.05) is 0 Å². The molecule has 0 fully saturated rings. The van der Waals surface area contributed by atoms with Crippen molar-refractivity contribution < 1.29 is 9.18 Å². The van der Waals surface area contributed by atoms with Crippen molar-refractivity contribution in [3.05, 3.63) is 35.4 Å². The normalized spacial score (nSPS) is 13.7. The molecule has 0 aliphatic rings. The van der Waals surface area contributed by atoms with E-state index in [2.05, 4.69) is 20.8 Å². The van der Waals surface area contributed by atoms with Gasteiger partial charge < -0.3 is 0 Å². The smallest absolute Gasteiger partial charge is 0.196 e. The van der Waals surface area contributed by atoms with Crippen LogP contribution in [0.5, 0.6) is 0 Å². The summed E-state index contributed by atoms with van der Waals surface area (Å²) in [7, 11) is 0. The van der Waals surface area contributed by atoms with Crippen LogP contribution in [0.3, 0.4) is 0 Å². The van der Waals surface area contributed by atoms with E-state index in [0.717, 1.165) is 5.56 Å². The second-order valence-electron chi connectivity index (χ2n) is 4.81. The van der Waals surface area contributed by atoms with E-state index in [-0.39, 0.29) is 5.41 Å². The summed E-state index contributed by atoms with van der Waals surface area (Å²) >= 11 is 0. The molecule has 0 saturated carbocycles. The Morgan fingerprint density at radius 1 is 1.20 bits per heavy atom. The fourth-order valence-electron chi connectivity index (χ4n) is 1.36. The summed E-state index contributed by atoms with van der Waals surface area (Å²) in [6.07, 6.45) is -1.43. The van der Waals surface area contributed by atoms with Gasteiger partial charge in [-0.3, -0.25) is 4.79 Å². The summed E-state index contributed by atoms with van der Waals surface area (Å²) < 4.78 is 12.8. The van der Waals surface area contributed by atoms with Crippen molar-refractivity contribution in [2.24, 2.45) is 0 Å². The van der Waals surface area contributed by atoms with Gasteiger partial charge in [0.25, 0.3) is 0 Å². The molecule has 1 aromatic carbocycles. The van der Waals surface area contributed by atoms with Crippen molar-refractivity contribution in [1.82, 2.24) is 0 Å². The van der Waals surface area contributed by atoms with Gasteiger partial charge in [-0.2, -0.15) is 0 Å². The molecule has 0 bridgehead atoms. The largest absolute Gasteiger partial charge is 0.291 e. The van der Waals surface area contributed by atoms with Gasteiger partial charge in [-0.1, -0.05) is 45.0 Å². The van der Waals surface area contributed by atoms with Crippen molar-refractivity contribution in [2.45, 2.75) is 39.3 Å². The Balaban J connectivity index is 2.96. The third-order valence-electron chi connectivity index (χ3n) is 2.40. The zero-order chi connectivity index (χ0) is 11.6. The van der Waals surface area contributed by atoms with Crippen LogP contribution < -0.4 is 0 Å². The molecule has 1 nitrogen and oxygen atoms in total. The van der Waals surface area contributed by atoms with E-state index < -0.39 is 12.0 Å². The minimum absolute atomic E-state index is 0.0584. The summed E-state index contributed by atoms with van der Waals surface area (Å²) in [6, 6.07) is 7.16. The molecule has 82 valence electrons. The van der Waals surface area contributed by atoms with Crippen molar-refractivity contribution >= 4 is 5.78 Å². The lowest BCUT2D eigenvalue weighted by atomic mass is 9.86. The predicted octanol–water partition coefficient (Wildman–Crippen LogP) is 3.52. The van der Waals surface area contributed by atoms with E-state index in [0.29, 0.717) is 5.56 Å². The minimum atomic E-state index is -1.43. The van der Waals surface area contributed by atoms with Crippen LogP contribution in [-0.2, 0) is 5.41 Å². The molecule has 0 radical (unpaired) electrons. The predicted molar refractivity (Wildman–Crippen MR) is 60.0 cm³/mol. The molecule has 1 rings (SSSR count). The van der Waals surface area contributed by atoms with Crippen LogP contribution in [0.15, 0.2) is 24.3 Å². The van der Waals surface area contributed by atoms with Gasteiger partial charge in [-0.15, -0.1) is 0 Å².